The summed E-state index contributed by atoms with van der Waals surface area (Å²) in [5, 5.41) is 11.4. The normalized spacial score (nSPS) is 11.5. The van der Waals surface area contributed by atoms with E-state index in [-0.39, 0.29) is 5.91 Å². The molecule has 2 aromatic heterocycles. The zero-order chi connectivity index (χ0) is 20.1. The number of aromatic nitrogens is 3. The fraction of sp³-hybridized carbons (Fsp3) is 0.190. The fourth-order valence-electron chi connectivity index (χ4n) is 2.60. The van der Waals surface area contributed by atoms with Gasteiger partial charge >= 0.3 is 0 Å². The van der Waals surface area contributed by atoms with Crippen molar-refractivity contribution in [1.82, 2.24) is 20.5 Å². The van der Waals surface area contributed by atoms with Crippen molar-refractivity contribution in [3.8, 4) is 11.5 Å². The lowest BCUT2D eigenvalue weighted by Crippen LogP contribution is -2.20. The summed E-state index contributed by atoms with van der Waals surface area (Å²) in [6.07, 6.45) is 4.43. The number of hydrogen-bond acceptors (Lipinski definition) is 5. The van der Waals surface area contributed by atoms with Crippen LogP contribution in [0.4, 0.5) is 0 Å². The maximum Gasteiger partial charge on any atom is 0.256 e. The van der Waals surface area contributed by atoms with Crippen LogP contribution in [0.3, 0.4) is 0 Å². The Hall–Kier alpha value is -3.06. The van der Waals surface area contributed by atoms with Crippen LogP contribution in [0, 0.1) is 0 Å². The van der Waals surface area contributed by atoms with Crippen molar-refractivity contribution >= 4 is 28.7 Å². The summed E-state index contributed by atoms with van der Waals surface area (Å²) in [6.45, 7) is 9.83. The molecule has 7 heteroatoms. The number of hydrogen-bond donors (Lipinski definition) is 2. The van der Waals surface area contributed by atoms with Crippen LogP contribution in [0.5, 0.6) is 11.5 Å². The highest BCUT2D eigenvalue weighted by molar-refractivity contribution is 8.06. The molecule has 2 heterocycles. The quantitative estimate of drug-likeness (QED) is 0.578. The van der Waals surface area contributed by atoms with Gasteiger partial charge in [-0.2, -0.15) is 5.10 Å². The van der Waals surface area contributed by atoms with Crippen molar-refractivity contribution in [2.24, 2.45) is 0 Å². The van der Waals surface area contributed by atoms with Crippen LogP contribution in [0.25, 0.3) is 11.0 Å². The van der Waals surface area contributed by atoms with Crippen LogP contribution in [-0.2, 0) is 6.42 Å². The molecule has 0 fully saturated rings. The molecule has 28 heavy (non-hydrogen) atoms. The average molecular weight is 395 g/mol. The second kappa shape index (κ2) is 8.75. The van der Waals surface area contributed by atoms with Gasteiger partial charge in [-0.05, 0) is 55.5 Å². The predicted molar refractivity (Wildman–Crippen MR) is 113 cm³/mol. The Morgan fingerprint density at radius 1 is 1.32 bits per heavy atom. The lowest BCUT2D eigenvalue weighted by molar-refractivity contribution is 0.0969. The number of H-pyrrole nitrogens is 1. The molecule has 0 radical (unpaired) electrons. The van der Waals surface area contributed by atoms with Gasteiger partial charge in [0.15, 0.2) is 5.65 Å². The van der Waals surface area contributed by atoms with E-state index in [2.05, 4.69) is 27.1 Å². The number of aromatic amines is 1. The van der Waals surface area contributed by atoms with Crippen LogP contribution in [0.2, 0.25) is 0 Å². The smallest absolute Gasteiger partial charge is 0.256 e. The van der Waals surface area contributed by atoms with Crippen molar-refractivity contribution in [3.63, 3.8) is 0 Å². The van der Waals surface area contributed by atoms with Gasteiger partial charge in [0, 0.05) is 17.5 Å². The first-order valence-electron chi connectivity index (χ1n) is 8.92. The molecule has 0 spiro atoms. The largest absolute Gasteiger partial charge is 0.456 e. The molecule has 0 aliphatic heterocycles. The first-order valence-corrected chi connectivity index (χ1v) is 9.74. The standard InChI is InChI=1S/C21H22N4O2S/c1-5-13(3)28-14(4)23-21(26)15-7-9-16(10-8-15)27-18-11-12-22-20-19(18)17(6-2)24-25-20/h5,7-12H,4,6H2,1-3H3,(H,23,26)(H,22,24,25)/b13-5-. The van der Waals surface area contributed by atoms with Crippen LogP contribution in [0.1, 0.15) is 36.8 Å². The number of carbonyl (C=O) groups is 1. The molecule has 0 saturated carbocycles. The molecule has 0 unspecified atom stereocenters. The minimum atomic E-state index is -0.206. The number of allylic oxidation sites excluding steroid dienone is 2. The number of aryl methyl sites for hydroxylation is 1. The summed E-state index contributed by atoms with van der Waals surface area (Å²) < 4.78 is 6.01. The Kier molecular flexibility index (Phi) is 6.16. The third-order valence-electron chi connectivity index (χ3n) is 4.13. The topological polar surface area (TPSA) is 79.9 Å². The average Bonchev–Trinajstić information content (AvgIpc) is 3.12. The Morgan fingerprint density at radius 3 is 2.75 bits per heavy atom. The van der Waals surface area contributed by atoms with E-state index in [0.29, 0.717) is 27.7 Å². The first kappa shape index (κ1) is 19.7. The first-order chi connectivity index (χ1) is 13.5. The molecule has 144 valence electrons. The number of carbonyl (C=O) groups excluding carboxylic acids is 1. The number of nitrogens with zero attached hydrogens (tertiary/aromatic N) is 2. The molecule has 0 saturated heterocycles. The molecule has 0 aliphatic carbocycles. The molecular weight excluding hydrogens is 372 g/mol. The van der Waals surface area contributed by atoms with Gasteiger partial charge in [0.25, 0.3) is 5.91 Å². The monoisotopic (exact) mass is 394 g/mol. The minimum absolute atomic E-state index is 0.206. The van der Waals surface area contributed by atoms with Gasteiger partial charge in [0.2, 0.25) is 0 Å². The summed E-state index contributed by atoms with van der Waals surface area (Å²) in [6, 6.07) is 8.78. The Labute approximate surface area is 168 Å². The number of nitrogens with one attached hydrogen (secondary N) is 2. The number of pyridine rings is 1. The molecule has 3 rings (SSSR count). The zero-order valence-corrected chi connectivity index (χ0v) is 16.9. The predicted octanol–water partition coefficient (Wildman–Crippen LogP) is 5.17. The van der Waals surface area contributed by atoms with Crippen LogP contribution >= 0.6 is 11.8 Å². The highest BCUT2D eigenvalue weighted by Crippen LogP contribution is 2.30. The number of ether oxygens (including phenoxy) is 1. The van der Waals surface area contributed by atoms with E-state index < -0.39 is 0 Å². The van der Waals surface area contributed by atoms with Crippen molar-refractivity contribution in [2.75, 3.05) is 0 Å². The van der Waals surface area contributed by atoms with E-state index in [0.717, 1.165) is 22.4 Å². The molecule has 0 atom stereocenters. The Bertz CT molecular complexity index is 1040. The second-order valence-electron chi connectivity index (χ2n) is 6.07. The van der Waals surface area contributed by atoms with Gasteiger partial charge in [0.1, 0.15) is 11.5 Å². The lowest BCUT2D eigenvalue weighted by Gasteiger charge is -2.10. The van der Waals surface area contributed by atoms with Crippen molar-refractivity contribution in [3.05, 3.63) is 70.4 Å². The SMILES string of the molecule is C=C(NC(=O)c1ccc(Oc2ccnc3n[nH]c(CC)c23)cc1)S/C(C)=C\C. The third kappa shape index (κ3) is 4.43. The number of fused-ring (bicyclic) bond motifs is 1. The second-order valence-corrected chi connectivity index (χ2v) is 7.41. The zero-order valence-electron chi connectivity index (χ0n) is 16.1. The van der Waals surface area contributed by atoms with Crippen LogP contribution < -0.4 is 10.1 Å². The van der Waals surface area contributed by atoms with Gasteiger partial charge in [-0.15, -0.1) is 0 Å². The summed E-state index contributed by atoms with van der Waals surface area (Å²) in [5.41, 5.74) is 2.13. The van der Waals surface area contributed by atoms with Crippen molar-refractivity contribution < 1.29 is 9.53 Å². The molecule has 1 aromatic carbocycles. The van der Waals surface area contributed by atoms with E-state index in [1.165, 1.54) is 11.8 Å². The highest BCUT2D eigenvalue weighted by atomic mass is 32.2. The Balaban J connectivity index is 1.72. The van der Waals surface area contributed by atoms with Crippen molar-refractivity contribution in [2.45, 2.75) is 27.2 Å². The number of amides is 1. The fourth-order valence-corrected chi connectivity index (χ4v) is 3.25. The molecule has 3 aromatic rings. The molecular formula is C21H22N4O2S. The van der Waals surface area contributed by atoms with Gasteiger partial charge in [-0.1, -0.05) is 31.3 Å². The summed E-state index contributed by atoms with van der Waals surface area (Å²) in [4.78, 5) is 17.7. The van der Waals surface area contributed by atoms with Gasteiger partial charge in [0.05, 0.1) is 10.4 Å². The van der Waals surface area contributed by atoms with E-state index in [1.54, 1.807) is 30.5 Å². The van der Waals surface area contributed by atoms with Gasteiger partial charge < -0.3 is 10.1 Å². The summed E-state index contributed by atoms with van der Waals surface area (Å²) in [7, 11) is 0. The number of rotatable bonds is 7. The van der Waals surface area contributed by atoms with Gasteiger partial charge in [-0.3, -0.25) is 9.89 Å². The summed E-state index contributed by atoms with van der Waals surface area (Å²) >= 11 is 1.43. The van der Waals surface area contributed by atoms with E-state index in [1.807, 2.05) is 32.9 Å². The van der Waals surface area contributed by atoms with E-state index in [4.69, 9.17) is 4.74 Å². The van der Waals surface area contributed by atoms with Crippen molar-refractivity contribution in [1.29, 1.82) is 0 Å². The minimum Gasteiger partial charge on any atom is -0.456 e. The van der Waals surface area contributed by atoms with Gasteiger partial charge in [-0.25, -0.2) is 4.98 Å². The maximum absolute atomic E-state index is 12.4. The third-order valence-corrected chi connectivity index (χ3v) is 5.04. The summed E-state index contributed by atoms with van der Waals surface area (Å²) in [5.74, 6) is 1.10. The maximum atomic E-state index is 12.4. The Morgan fingerprint density at radius 2 is 2.07 bits per heavy atom. The van der Waals surface area contributed by atoms with Crippen LogP contribution in [0.15, 0.2) is 59.1 Å². The molecule has 0 aliphatic rings. The molecule has 2 N–H and O–H groups in total. The van der Waals surface area contributed by atoms with Crippen LogP contribution in [-0.4, -0.2) is 21.1 Å². The molecule has 6 nitrogen and oxygen atoms in total. The van der Waals surface area contributed by atoms with E-state index in [9.17, 15) is 4.79 Å². The number of benzene rings is 1. The number of thioether (sulfide) groups is 1. The molecule has 1 amide bonds. The lowest BCUT2D eigenvalue weighted by atomic mass is 10.2. The molecule has 0 bridgehead atoms. The van der Waals surface area contributed by atoms with E-state index >= 15 is 0 Å². The highest BCUT2D eigenvalue weighted by Gasteiger charge is 2.13.